The van der Waals surface area contributed by atoms with Crippen LogP contribution in [-0.4, -0.2) is 6.54 Å². The Kier molecular flexibility index (Phi) is 6.41. The maximum Gasteiger partial charge on any atom is 0.124 e. The summed E-state index contributed by atoms with van der Waals surface area (Å²) in [6, 6.07) is 11.0. The molecule has 1 nitrogen and oxygen atoms in total. The molecule has 5 heteroatoms. The SMILES string of the molecule is CCCNC(c1cc(F)cc(Br)c1)c1cc(Br)ccc1Br. The van der Waals surface area contributed by atoms with E-state index in [1.165, 1.54) is 6.07 Å². The first-order valence-corrected chi connectivity index (χ1v) is 9.03. The zero-order valence-electron chi connectivity index (χ0n) is 11.5. The summed E-state index contributed by atoms with van der Waals surface area (Å²) in [6.45, 7) is 2.97. The van der Waals surface area contributed by atoms with Crippen molar-refractivity contribution < 1.29 is 4.39 Å². The normalized spacial score (nSPS) is 12.4. The predicted octanol–water partition coefficient (Wildman–Crippen LogP) is 6.20. The number of nitrogens with one attached hydrogen (secondary N) is 1. The van der Waals surface area contributed by atoms with Crippen molar-refractivity contribution in [1.82, 2.24) is 5.32 Å². The predicted molar refractivity (Wildman–Crippen MR) is 96.1 cm³/mol. The van der Waals surface area contributed by atoms with Crippen molar-refractivity contribution in [3.8, 4) is 0 Å². The fraction of sp³-hybridized carbons (Fsp3) is 0.250. The lowest BCUT2D eigenvalue weighted by Gasteiger charge is -2.21. The number of hydrogen-bond donors (Lipinski definition) is 1. The molecule has 2 rings (SSSR count). The highest BCUT2D eigenvalue weighted by molar-refractivity contribution is 9.11. The summed E-state index contributed by atoms with van der Waals surface area (Å²) in [5.41, 5.74) is 1.98. The molecule has 1 unspecified atom stereocenters. The van der Waals surface area contributed by atoms with E-state index in [0.29, 0.717) is 0 Å². The summed E-state index contributed by atoms with van der Waals surface area (Å²) in [4.78, 5) is 0. The topological polar surface area (TPSA) is 12.0 Å². The minimum Gasteiger partial charge on any atom is -0.306 e. The van der Waals surface area contributed by atoms with E-state index in [-0.39, 0.29) is 11.9 Å². The fourth-order valence-corrected chi connectivity index (χ4v) is 3.51. The van der Waals surface area contributed by atoms with Gasteiger partial charge in [0.25, 0.3) is 0 Å². The van der Waals surface area contributed by atoms with E-state index in [9.17, 15) is 4.39 Å². The van der Waals surface area contributed by atoms with Crippen LogP contribution in [0.4, 0.5) is 4.39 Å². The summed E-state index contributed by atoms with van der Waals surface area (Å²) in [7, 11) is 0. The van der Waals surface area contributed by atoms with Crippen LogP contribution < -0.4 is 5.32 Å². The van der Waals surface area contributed by atoms with Crippen molar-refractivity contribution in [2.45, 2.75) is 19.4 Å². The Balaban J connectivity index is 2.49. The van der Waals surface area contributed by atoms with Crippen LogP contribution in [0.3, 0.4) is 0 Å². The second-order valence-electron chi connectivity index (χ2n) is 4.76. The van der Waals surface area contributed by atoms with Gasteiger partial charge in [0.05, 0.1) is 6.04 Å². The Morgan fingerprint density at radius 1 is 1.05 bits per heavy atom. The van der Waals surface area contributed by atoms with Gasteiger partial charge in [0.1, 0.15) is 5.82 Å². The van der Waals surface area contributed by atoms with Gasteiger partial charge in [-0.15, -0.1) is 0 Å². The van der Waals surface area contributed by atoms with Crippen LogP contribution in [0.2, 0.25) is 0 Å². The average Bonchev–Trinajstić information content (AvgIpc) is 2.42. The third-order valence-electron chi connectivity index (χ3n) is 3.09. The maximum absolute atomic E-state index is 13.7. The lowest BCUT2D eigenvalue weighted by atomic mass is 9.98. The molecule has 0 aliphatic rings. The molecular formula is C16H15Br3FN. The van der Waals surface area contributed by atoms with Gasteiger partial charge in [0, 0.05) is 13.4 Å². The third kappa shape index (κ3) is 4.62. The Bertz CT molecular complexity index is 611. The zero-order valence-corrected chi connectivity index (χ0v) is 16.2. The molecule has 1 N–H and O–H groups in total. The number of benzene rings is 2. The van der Waals surface area contributed by atoms with Gasteiger partial charge >= 0.3 is 0 Å². The Morgan fingerprint density at radius 3 is 2.48 bits per heavy atom. The smallest absolute Gasteiger partial charge is 0.124 e. The first kappa shape index (κ1) is 17.1. The van der Waals surface area contributed by atoms with E-state index in [0.717, 1.165) is 37.5 Å². The van der Waals surface area contributed by atoms with Crippen molar-refractivity contribution in [2.24, 2.45) is 0 Å². The van der Waals surface area contributed by atoms with E-state index in [4.69, 9.17) is 0 Å². The molecule has 0 spiro atoms. The summed E-state index contributed by atoms with van der Waals surface area (Å²) in [5, 5.41) is 3.49. The molecule has 0 saturated carbocycles. The van der Waals surface area contributed by atoms with Gasteiger partial charge in [0.2, 0.25) is 0 Å². The molecule has 0 aromatic heterocycles. The number of rotatable bonds is 5. The van der Waals surface area contributed by atoms with E-state index in [1.54, 1.807) is 6.07 Å². The molecule has 0 amide bonds. The zero-order chi connectivity index (χ0) is 15.4. The first-order chi connectivity index (χ1) is 10.0. The van der Waals surface area contributed by atoms with Crippen molar-refractivity contribution >= 4 is 47.8 Å². The molecule has 0 bridgehead atoms. The van der Waals surface area contributed by atoms with E-state index < -0.39 is 0 Å². The number of halogens is 4. The molecule has 0 heterocycles. The molecule has 2 aromatic rings. The van der Waals surface area contributed by atoms with E-state index in [2.05, 4.69) is 66.1 Å². The lowest BCUT2D eigenvalue weighted by Crippen LogP contribution is -2.23. The molecular weight excluding hydrogens is 465 g/mol. The molecule has 1 atom stereocenters. The van der Waals surface area contributed by atoms with Gasteiger partial charge in [-0.05, 0) is 60.5 Å². The highest BCUT2D eigenvalue weighted by Gasteiger charge is 2.18. The van der Waals surface area contributed by atoms with Gasteiger partial charge in [-0.25, -0.2) is 4.39 Å². The summed E-state index contributed by atoms with van der Waals surface area (Å²) in [5.74, 6) is -0.242. The minimum absolute atomic E-state index is 0.0659. The van der Waals surface area contributed by atoms with Crippen LogP contribution in [-0.2, 0) is 0 Å². The van der Waals surface area contributed by atoms with Gasteiger partial charge < -0.3 is 5.32 Å². The average molecular weight is 480 g/mol. The molecule has 0 aliphatic carbocycles. The Hall–Kier alpha value is -0.230. The van der Waals surface area contributed by atoms with Crippen LogP contribution >= 0.6 is 47.8 Å². The Morgan fingerprint density at radius 2 is 1.81 bits per heavy atom. The Labute approximate surface area is 149 Å². The lowest BCUT2D eigenvalue weighted by molar-refractivity contribution is 0.583. The van der Waals surface area contributed by atoms with Gasteiger partial charge in [0.15, 0.2) is 0 Å². The van der Waals surface area contributed by atoms with Crippen LogP contribution in [0.15, 0.2) is 49.8 Å². The van der Waals surface area contributed by atoms with E-state index >= 15 is 0 Å². The highest BCUT2D eigenvalue weighted by atomic mass is 79.9. The maximum atomic E-state index is 13.7. The summed E-state index contributed by atoms with van der Waals surface area (Å²) >= 11 is 10.5. The first-order valence-electron chi connectivity index (χ1n) is 6.65. The van der Waals surface area contributed by atoms with Crippen molar-refractivity contribution in [2.75, 3.05) is 6.54 Å². The molecule has 0 radical (unpaired) electrons. The second kappa shape index (κ2) is 7.86. The fourth-order valence-electron chi connectivity index (χ4n) is 2.17. The van der Waals surface area contributed by atoms with Crippen molar-refractivity contribution in [1.29, 1.82) is 0 Å². The molecule has 2 aromatic carbocycles. The van der Waals surface area contributed by atoms with Gasteiger partial charge in [-0.1, -0.05) is 54.7 Å². The quantitative estimate of drug-likeness (QED) is 0.538. The molecule has 21 heavy (non-hydrogen) atoms. The van der Waals surface area contributed by atoms with Gasteiger partial charge in [-0.3, -0.25) is 0 Å². The summed E-state index contributed by atoms with van der Waals surface area (Å²) in [6.07, 6.45) is 1.01. The van der Waals surface area contributed by atoms with Crippen molar-refractivity contribution in [3.63, 3.8) is 0 Å². The van der Waals surface area contributed by atoms with Crippen LogP contribution in [0, 0.1) is 5.82 Å². The van der Waals surface area contributed by atoms with Crippen LogP contribution in [0.1, 0.15) is 30.5 Å². The van der Waals surface area contributed by atoms with Crippen molar-refractivity contribution in [3.05, 3.63) is 66.8 Å². The molecule has 0 fully saturated rings. The van der Waals surface area contributed by atoms with Crippen LogP contribution in [0.25, 0.3) is 0 Å². The molecule has 0 aliphatic heterocycles. The highest BCUT2D eigenvalue weighted by Crippen LogP contribution is 2.32. The third-order valence-corrected chi connectivity index (χ3v) is 4.76. The monoisotopic (exact) mass is 477 g/mol. The van der Waals surface area contributed by atoms with E-state index in [1.807, 2.05) is 18.2 Å². The second-order valence-corrected chi connectivity index (χ2v) is 7.44. The van der Waals surface area contributed by atoms with Gasteiger partial charge in [-0.2, -0.15) is 0 Å². The minimum atomic E-state index is -0.242. The molecule has 0 saturated heterocycles. The summed E-state index contributed by atoms with van der Waals surface area (Å²) < 4.78 is 16.5. The number of hydrogen-bond acceptors (Lipinski definition) is 1. The standard InChI is InChI=1S/C16H15Br3FN/c1-2-5-21-16(10-6-12(18)8-13(20)7-10)14-9-11(17)3-4-15(14)19/h3-4,6-9,16,21H,2,5H2,1H3. The largest absolute Gasteiger partial charge is 0.306 e. The van der Waals surface area contributed by atoms with Crippen LogP contribution in [0.5, 0.6) is 0 Å². The molecule has 112 valence electrons.